The summed E-state index contributed by atoms with van der Waals surface area (Å²) in [4.78, 5) is 13.2. The molecule has 26 heavy (non-hydrogen) atoms. The molecule has 1 heterocycles. The van der Waals surface area contributed by atoms with Gasteiger partial charge in [-0.05, 0) is 31.4 Å². The minimum Gasteiger partial charge on any atom is -0.492 e. The zero-order valence-corrected chi connectivity index (χ0v) is 15.7. The van der Waals surface area contributed by atoms with Gasteiger partial charge in [-0.25, -0.2) is 9.98 Å². The average molecular weight is 359 g/mol. The second-order valence-electron chi connectivity index (χ2n) is 6.20. The fourth-order valence-electron chi connectivity index (χ4n) is 2.67. The molecule has 0 aliphatic heterocycles. The molecule has 0 spiro atoms. The Morgan fingerprint density at radius 1 is 1.38 bits per heavy atom. The third-order valence-electron chi connectivity index (χ3n) is 4.14. The van der Waals surface area contributed by atoms with Crippen LogP contribution in [0.25, 0.3) is 0 Å². The molecule has 7 nitrogen and oxygen atoms in total. The third-order valence-corrected chi connectivity index (χ3v) is 4.14. The van der Waals surface area contributed by atoms with Crippen molar-refractivity contribution < 1.29 is 9.47 Å². The molecule has 0 atom stereocenters. The van der Waals surface area contributed by atoms with Gasteiger partial charge in [-0.2, -0.15) is 4.98 Å². The molecule has 0 amide bonds. The highest BCUT2D eigenvalue weighted by molar-refractivity contribution is 5.96. The molecule has 0 radical (unpaired) electrons. The Hall–Kier alpha value is -2.41. The summed E-state index contributed by atoms with van der Waals surface area (Å²) in [6.45, 7) is 6.86. The van der Waals surface area contributed by atoms with E-state index < -0.39 is 0 Å². The number of methoxy groups -OCH3 is 1. The van der Waals surface area contributed by atoms with Gasteiger partial charge in [-0.1, -0.05) is 26.3 Å². The number of hydrogen-bond donors (Lipinski definition) is 2. The van der Waals surface area contributed by atoms with Crippen LogP contribution in [-0.2, 0) is 9.47 Å². The van der Waals surface area contributed by atoms with Crippen LogP contribution in [0.15, 0.2) is 35.7 Å². The number of rotatable bonds is 10. The number of aromatic nitrogens is 2. The summed E-state index contributed by atoms with van der Waals surface area (Å²) in [5.74, 6) is 1.62. The molecule has 1 aliphatic carbocycles. The maximum atomic E-state index is 6.00. The van der Waals surface area contributed by atoms with Crippen molar-refractivity contribution in [3.63, 3.8) is 0 Å². The van der Waals surface area contributed by atoms with Crippen LogP contribution in [0.4, 0.5) is 17.5 Å². The average Bonchev–Trinajstić information content (AvgIpc) is 3.14. The van der Waals surface area contributed by atoms with Crippen LogP contribution in [0.1, 0.15) is 39.0 Å². The Balaban J connectivity index is 2.03. The van der Waals surface area contributed by atoms with Crippen LogP contribution < -0.4 is 11.1 Å². The molecule has 1 fully saturated rings. The van der Waals surface area contributed by atoms with E-state index in [2.05, 4.69) is 26.9 Å². The summed E-state index contributed by atoms with van der Waals surface area (Å²) in [6.07, 6.45) is 10.8. The third kappa shape index (κ3) is 6.48. The summed E-state index contributed by atoms with van der Waals surface area (Å²) in [5, 5.41) is 3.41. The smallest absolute Gasteiger partial charge is 0.251 e. The van der Waals surface area contributed by atoms with E-state index in [0.29, 0.717) is 42.5 Å². The highest BCUT2D eigenvalue weighted by Gasteiger charge is 2.16. The number of anilines is 2. The summed E-state index contributed by atoms with van der Waals surface area (Å²) >= 11 is 0. The van der Waals surface area contributed by atoms with Crippen molar-refractivity contribution in [1.82, 2.24) is 9.97 Å². The van der Waals surface area contributed by atoms with E-state index >= 15 is 0 Å². The molecule has 0 aromatic carbocycles. The predicted molar refractivity (Wildman–Crippen MR) is 106 cm³/mol. The summed E-state index contributed by atoms with van der Waals surface area (Å²) in [5.41, 5.74) is 7.38. The van der Waals surface area contributed by atoms with E-state index in [9.17, 15) is 0 Å². The highest BCUT2D eigenvalue weighted by Crippen LogP contribution is 2.25. The zero-order valence-electron chi connectivity index (χ0n) is 15.7. The molecule has 2 rings (SSSR count). The summed E-state index contributed by atoms with van der Waals surface area (Å²) < 4.78 is 10.4. The minimum atomic E-state index is 0.395. The van der Waals surface area contributed by atoms with Gasteiger partial charge in [0.25, 0.3) is 5.95 Å². The molecule has 1 aromatic heterocycles. The van der Waals surface area contributed by atoms with Crippen LogP contribution in [0.2, 0.25) is 0 Å². The summed E-state index contributed by atoms with van der Waals surface area (Å²) in [7, 11) is 1.63. The first-order valence-corrected chi connectivity index (χ1v) is 9.07. The first-order valence-electron chi connectivity index (χ1n) is 9.07. The largest absolute Gasteiger partial charge is 0.492 e. The van der Waals surface area contributed by atoms with E-state index in [4.69, 9.17) is 15.2 Å². The fourth-order valence-corrected chi connectivity index (χ4v) is 2.67. The van der Waals surface area contributed by atoms with Gasteiger partial charge in [-0.15, -0.1) is 0 Å². The molecule has 1 saturated carbocycles. The fraction of sp³-hybridized carbons (Fsp3) is 0.526. The Morgan fingerprint density at radius 2 is 2.15 bits per heavy atom. The van der Waals surface area contributed by atoms with Crippen LogP contribution in [0.5, 0.6) is 0 Å². The van der Waals surface area contributed by atoms with Crippen LogP contribution in [-0.4, -0.2) is 42.0 Å². The van der Waals surface area contributed by atoms with Crippen molar-refractivity contribution >= 4 is 23.2 Å². The zero-order chi connectivity index (χ0) is 18.8. The van der Waals surface area contributed by atoms with Crippen molar-refractivity contribution in [3.8, 4) is 0 Å². The number of aliphatic imine (C=N–C) groups is 1. The van der Waals surface area contributed by atoms with Crippen molar-refractivity contribution in [1.29, 1.82) is 0 Å². The van der Waals surface area contributed by atoms with Gasteiger partial charge in [0.05, 0.1) is 18.5 Å². The normalized spacial score (nSPS) is 15.5. The molecule has 3 N–H and O–H groups in total. The van der Waals surface area contributed by atoms with E-state index in [1.54, 1.807) is 19.4 Å². The Kier molecular flexibility index (Phi) is 8.08. The molecule has 1 aromatic rings. The number of allylic oxidation sites excluding steroid dienone is 2. The molecule has 142 valence electrons. The van der Waals surface area contributed by atoms with E-state index in [-0.39, 0.29) is 0 Å². The molecule has 0 unspecified atom stereocenters. The number of nitrogens with one attached hydrogen (secondary N) is 1. The quantitative estimate of drug-likeness (QED) is 0.287. The Morgan fingerprint density at radius 3 is 2.85 bits per heavy atom. The lowest BCUT2D eigenvalue weighted by Crippen LogP contribution is -2.17. The number of nitrogens with zero attached hydrogens (tertiary/aromatic N) is 3. The topological polar surface area (TPSA) is 94.7 Å². The SMILES string of the molecule is C=C(/C=C\C(CC)=Nc1ncc(N)c(NC2CCCC2)n1)OCCOC. The molecule has 1 aliphatic rings. The van der Waals surface area contributed by atoms with E-state index in [1.807, 2.05) is 13.0 Å². The van der Waals surface area contributed by atoms with Gasteiger partial charge in [0, 0.05) is 18.9 Å². The van der Waals surface area contributed by atoms with Crippen LogP contribution in [0.3, 0.4) is 0 Å². The number of nitrogen functional groups attached to an aromatic ring is 1. The van der Waals surface area contributed by atoms with Gasteiger partial charge in [0.1, 0.15) is 12.4 Å². The lowest BCUT2D eigenvalue weighted by atomic mass is 10.2. The molecular formula is C19H29N5O2. The highest BCUT2D eigenvalue weighted by atomic mass is 16.5. The van der Waals surface area contributed by atoms with E-state index in [1.165, 1.54) is 12.8 Å². The van der Waals surface area contributed by atoms with E-state index in [0.717, 1.165) is 25.0 Å². The monoisotopic (exact) mass is 359 g/mol. The molecular weight excluding hydrogens is 330 g/mol. The lowest BCUT2D eigenvalue weighted by molar-refractivity contribution is 0.115. The first kappa shape index (κ1) is 19.9. The van der Waals surface area contributed by atoms with Crippen LogP contribution >= 0.6 is 0 Å². The van der Waals surface area contributed by atoms with Crippen molar-refractivity contribution in [2.45, 2.75) is 45.1 Å². The Labute approximate surface area is 155 Å². The summed E-state index contributed by atoms with van der Waals surface area (Å²) in [6, 6.07) is 0.433. The second kappa shape index (κ2) is 10.6. The predicted octanol–water partition coefficient (Wildman–Crippen LogP) is 3.63. The second-order valence-corrected chi connectivity index (χ2v) is 6.20. The van der Waals surface area contributed by atoms with Gasteiger partial charge in [0.2, 0.25) is 0 Å². The van der Waals surface area contributed by atoms with Crippen LogP contribution in [0, 0.1) is 0 Å². The molecule has 7 heteroatoms. The molecule has 0 saturated heterocycles. The van der Waals surface area contributed by atoms with Gasteiger partial charge >= 0.3 is 0 Å². The maximum Gasteiger partial charge on any atom is 0.251 e. The number of hydrogen-bond acceptors (Lipinski definition) is 7. The first-order chi connectivity index (χ1) is 12.6. The standard InChI is InChI=1S/C19H29N5O2/c1-4-15(10-9-14(2)26-12-11-25-3)23-19-21-13-17(20)18(24-19)22-16-7-5-6-8-16/h9-10,13,16H,2,4-8,11-12,20H2,1,3H3,(H,21,22,24)/b10-9-,23-15?. The molecule has 0 bridgehead atoms. The minimum absolute atomic E-state index is 0.395. The maximum absolute atomic E-state index is 6.00. The van der Waals surface area contributed by atoms with Gasteiger partial charge in [-0.3, -0.25) is 0 Å². The van der Waals surface area contributed by atoms with Gasteiger partial charge < -0.3 is 20.5 Å². The van der Waals surface area contributed by atoms with Crippen molar-refractivity contribution in [2.24, 2.45) is 4.99 Å². The lowest BCUT2D eigenvalue weighted by Gasteiger charge is -2.14. The number of nitrogens with two attached hydrogens (primary N) is 1. The van der Waals surface area contributed by atoms with Crippen molar-refractivity contribution in [2.75, 3.05) is 31.4 Å². The van der Waals surface area contributed by atoms with Gasteiger partial charge in [0.15, 0.2) is 5.82 Å². The number of ether oxygens (including phenoxy) is 2. The Bertz CT molecular complexity index is 651. The van der Waals surface area contributed by atoms with Crippen molar-refractivity contribution in [3.05, 3.63) is 30.7 Å².